The molecule has 3 heterocycles. The van der Waals surface area contributed by atoms with Crippen LogP contribution in [-0.4, -0.2) is 54.5 Å². The maximum Gasteiger partial charge on any atom is 0.270 e. The van der Waals surface area contributed by atoms with Gasteiger partial charge in [0.05, 0.1) is 7.11 Å². The van der Waals surface area contributed by atoms with Crippen LogP contribution in [0.25, 0.3) is 10.9 Å². The van der Waals surface area contributed by atoms with Gasteiger partial charge in [-0.2, -0.15) is 0 Å². The van der Waals surface area contributed by atoms with E-state index in [0.29, 0.717) is 23.6 Å². The lowest BCUT2D eigenvalue weighted by Crippen LogP contribution is -2.33. The third kappa shape index (κ3) is 3.01. The van der Waals surface area contributed by atoms with Gasteiger partial charge in [-0.3, -0.25) is 9.69 Å². The van der Waals surface area contributed by atoms with Gasteiger partial charge in [-0.25, -0.2) is 0 Å². The Labute approximate surface area is 171 Å². The first-order valence-electron chi connectivity index (χ1n) is 10.3. The van der Waals surface area contributed by atoms with Gasteiger partial charge in [0.1, 0.15) is 11.4 Å². The molecule has 5 rings (SSSR count). The van der Waals surface area contributed by atoms with Gasteiger partial charge in [-0.15, -0.1) is 0 Å². The van der Waals surface area contributed by atoms with E-state index in [1.54, 1.807) is 7.11 Å². The number of hydrogen-bond acceptors (Lipinski definition) is 3. The maximum absolute atomic E-state index is 13.2. The highest BCUT2D eigenvalue weighted by atomic mass is 16.5. The van der Waals surface area contributed by atoms with Gasteiger partial charge < -0.3 is 14.6 Å². The maximum atomic E-state index is 13.2. The molecule has 1 aromatic heterocycles. The van der Waals surface area contributed by atoms with Crippen LogP contribution in [0.2, 0.25) is 0 Å². The number of benzene rings is 2. The number of H-pyrrole nitrogens is 1. The quantitative estimate of drug-likeness (QED) is 0.740. The number of hydrogen-bond donors (Lipinski definition) is 1. The van der Waals surface area contributed by atoms with E-state index in [1.165, 1.54) is 11.1 Å². The molecule has 5 heteroatoms. The Morgan fingerprint density at radius 3 is 2.72 bits per heavy atom. The minimum Gasteiger partial charge on any atom is -0.497 e. The molecule has 150 valence electrons. The van der Waals surface area contributed by atoms with Crippen LogP contribution >= 0.6 is 0 Å². The lowest BCUT2D eigenvalue weighted by atomic mass is 9.88. The molecule has 0 unspecified atom stereocenters. The molecule has 2 aromatic carbocycles. The summed E-state index contributed by atoms with van der Waals surface area (Å²) in [6.07, 6.45) is 0. The molecule has 2 aliphatic heterocycles. The van der Waals surface area contributed by atoms with Crippen molar-refractivity contribution in [3.05, 3.63) is 65.4 Å². The largest absolute Gasteiger partial charge is 0.497 e. The first-order chi connectivity index (χ1) is 14.0. The topological polar surface area (TPSA) is 48.6 Å². The van der Waals surface area contributed by atoms with Crippen LogP contribution in [0.4, 0.5) is 0 Å². The molecule has 0 aliphatic carbocycles. The average molecular weight is 389 g/mol. The van der Waals surface area contributed by atoms with E-state index < -0.39 is 0 Å². The fourth-order valence-corrected chi connectivity index (χ4v) is 5.33. The smallest absolute Gasteiger partial charge is 0.270 e. The summed E-state index contributed by atoms with van der Waals surface area (Å²) < 4.78 is 5.30. The normalized spacial score (nSPS) is 24.2. The second-order valence-corrected chi connectivity index (χ2v) is 8.51. The van der Waals surface area contributed by atoms with Crippen molar-refractivity contribution in [1.29, 1.82) is 0 Å². The SMILES string of the molecule is COc1ccc2[nH]c(C(=O)N3C[C@@H]4CN(C)[C@@H](c5ccccc5C)[C@@H]4C3)cc2c1. The van der Waals surface area contributed by atoms with Crippen molar-refractivity contribution >= 4 is 16.8 Å². The third-order valence-corrected chi connectivity index (χ3v) is 6.75. The Balaban J connectivity index is 1.39. The molecule has 3 aromatic rings. The number of rotatable bonds is 3. The predicted octanol–water partition coefficient (Wildman–Crippen LogP) is 3.86. The van der Waals surface area contributed by atoms with Crippen LogP contribution in [0, 0.1) is 18.8 Å². The Hall–Kier alpha value is -2.79. The van der Waals surface area contributed by atoms with Gasteiger partial charge in [0.15, 0.2) is 0 Å². The van der Waals surface area contributed by atoms with Crippen molar-refractivity contribution in [2.45, 2.75) is 13.0 Å². The molecular weight excluding hydrogens is 362 g/mol. The molecule has 0 saturated carbocycles. The van der Waals surface area contributed by atoms with Crippen LogP contribution in [0.5, 0.6) is 5.75 Å². The fourth-order valence-electron chi connectivity index (χ4n) is 5.33. The van der Waals surface area contributed by atoms with Crippen molar-refractivity contribution in [3.8, 4) is 5.75 Å². The van der Waals surface area contributed by atoms with Crippen molar-refractivity contribution in [2.75, 3.05) is 33.8 Å². The highest BCUT2D eigenvalue weighted by Gasteiger charge is 2.47. The first-order valence-corrected chi connectivity index (χ1v) is 10.3. The number of nitrogens with one attached hydrogen (secondary N) is 1. The number of fused-ring (bicyclic) bond motifs is 2. The summed E-state index contributed by atoms with van der Waals surface area (Å²) >= 11 is 0. The van der Waals surface area contributed by atoms with Crippen LogP contribution in [-0.2, 0) is 0 Å². The summed E-state index contributed by atoms with van der Waals surface area (Å²) in [6, 6.07) is 16.8. The average Bonchev–Trinajstić information content (AvgIpc) is 3.39. The summed E-state index contributed by atoms with van der Waals surface area (Å²) in [5.74, 6) is 1.91. The number of amides is 1. The Morgan fingerprint density at radius 1 is 1.10 bits per heavy atom. The van der Waals surface area contributed by atoms with Gasteiger partial charge >= 0.3 is 0 Å². The van der Waals surface area contributed by atoms with Crippen molar-refractivity contribution < 1.29 is 9.53 Å². The van der Waals surface area contributed by atoms with E-state index >= 15 is 0 Å². The predicted molar refractivity (Wildman–Crippen MR) is 114 cm³/mol. The zero-order valence-corrected chi connectivity index (χ0v) is 17.2. The molecule has 0 spiro atoms. The number of aryl methyl sites for hydroxylation is 1. The van der Waals surface area contributed by atoms with E-state index in [1.807, 2.05) is 29.2 Å². The monoisotopic (exact) mass is 389 g/mol. The molecule has 2 fully saturated rings. The van der Waals surface area contributed by atoms with Crippen LogP contribution in [0.3, 0.4) is 0 Å². The van der Waals surface area contributed by atoms with Crippen molar-refractivity contribution in [1.82, 2.24) is 14.8 Å². The third-order valence-electron chi connectivity index (χ3n) is 6.75. The standard InChI is InChI=1S/C24H27N3O2/c1-15-6-4-5-7-19(15)23-20-14-27(13-17(20)12-26(23)2)24(28)22-11-16-10-18(29-3)8-9-21(16)25-22/h4-11,17,20,23,25H,12-14H2,1-3H3/t17-,20+,23-/m0/s1. The van der Waals surface area contributed by atoms with Crippen LogP contribution in [0.15, 0.2) is 48.5 Å². The Bertz CT molecular complexity index is 1070. The zero-order valence-electron chi connectivity index (χ0n) is 17.2. The van der Waals surface area contributed by atoms with Gasteiger partial charge in [0.2, 0.25) is 0 Å². The van der Waals surface area contributed by atoms with E-state index in [-0.39, 0.29) is 5.91 Å². The number of methoxy groups -OCH3 is 1. The first kappa shape index (κ1) is 18.3. The van der Waals surface area contributed by atoms with Gasteiger partial charge in [-0.1, -0.05) is 24.3 Å². The van der Waals surface area contributed by atoms with E-state index in [2.05, 4.69) is 48.1 Å². The number of aromatic nitrogens is 1. The molecule has 1 N–H and O–H groups in total. The molecule has 0 bridgehead atoms. The Morgan fingerprint density at radius 2 is 1.93 bits per heavy atom. The second kappa shape index (κ2) is 6.92. The second-order valence-electron chi connectivity index (χ2n) is 8.51. The minimum atomic E-state index is 0.0979. The minimum absolute atomic E-state index is 0.0979. The summed E-state index contributed by atoms with van der Waals surface area (Å²) in [5, 5.41) is 1.00. The van der Waals surface area contributed by atoms with Crippen LogP contribution < -0.4 is 4.74 Å². The van der Waals surface area contributed by atoms with Crippen molar-refractivity contribution in [3.63, 3.8) is 0 Å². The summed E-state index contributed by atoms with van der Waals surface area (Å²) in [4.78, 5) is 21.0. The van der Waals surface area contributed by atoms with Gasteiger partial charge in [0, 0.05) is 42.5 Å². The fraction of sp³-hybridized carbons (Fsp3) is 0.375. The summed E-state index contributed by atoms with van der Waals surface area (Å²) in [7, 11) is 3.87. The number of ether oxygens (including phenoxy) is 1. The molecule has 2 aliphatic rings. The molecule has 1 amide bonds. The zero-order chi connectivity index (χ0) is 20.1. The molecule has 3 atom stereocenters. The number of carbonyl (C=O) groups excluding carboxylic acids is 1. The van der Waals surface area contributed by atoms with Crippen LogP contribution in [0.1, 0.15) is 27.7 Å². The highest BCUT2D eigenvalue weighted by molar-refractivity contribution is 5.98. The number of nitrogens with zero attached hydrogens (tertiary/aromatic N) is 2. The van der Waals surface area contributed by atoms with E-state index in [4.69, 9.17) is 4.74 Å². The summed E-state index contributed by atoms with van der Waals surface area (Å²) in [6.45, 7) is 4.87. The van der Waals surface area contributed by atoms with Gasteiger partial charge in [0.25, 0.3) is 5.91 Å². The van der Waals surface area contributed by atoms with E-state index in [0.717, 1.165) is 36.3 Å². The highest BCUT2D eigenvalue weighted by Crippen LogP contribution is 2.45. The molecule has 2 saturated heterocycles. The summed E-state index contributed by atoms with van der Waals surface area (Å²) in [5.41, 5.74) is 4.36. The molecular formula is C24H27N3O2. The number of aromatic amines is 1. The lowest BCUT2D eigenvalue weighted by molar-refractivity contribution is 0.0763. The molecule has 0 radical (unpaired) electrons. The lowest BCUT2D eigenvalue weighted by Gasteiger charge is -2.28. The number of likely N-dealkylation sites (tertiary alicyclic amines) is 2. The Kier molecular flexibility index (Phi) is 4.36. The molecule has 5 nitrogen and oxygen atoms in total. The number of carbonyl (C=O) groups is 1. The van der Waals surface area contributed by atoms with Crippen molar-refractivity contribution in [2.24, 2.45) is 11.8 Å². The molecule has 29 heavy (non-hydrogen) atoms. The van der Waals surface area contributed by atoms with E-state index in [9.17, 15) is 4.79 Å². The van der Waals surface area contributed by atoms with Gasteiger partial charge in [-0.05, 0) is 55.3 Å².